The molecule has 0 aliphatic carbocycles. The molecule has 2 unspecified atom stereocenters. The van der Waals surface area contributed by atoms with Crippen LogP contribution in [0.1, 0.15) is 28.8 Å². The van der Waals surface area contributed by atoms with Crippen LogP contribution in [0.5, 0.6) is 0 Å². The first-order valence-corrected chi connectivity index (χ1v) is 6.32. The van der Waals surface area contributed by atoms with Crippen molar-refractivity contribution in [2.45, 2.75) is 31.8 Å². The third-order valence-corrected chi connectivity index (χ3v) is 3.81. The Morgan fingerprint density at radius 1 is 1.44 bits per heavy atom. The smallest absolute Gasteiger partial charge is 0.254 e. The van der Waals surface area contributed by atoms with Crippen molar-refractivity contribution in [3.8, 4) is 0 Å². The van der Waals surface area contributed by atoms with Gasteiger partial charge < -0.3 is 10.2 Å². The molecule has 4 heteroatoms. The van der Waals surface area contributed by atoms with Gasteiger partial charge in [-0.15, -0.1) is 0 Å². The van der Waals surface area contributed by atoms with Gasteiger partial charge in [0.05, 0.1) is 12.1 Å². The number of nitrogens with one attached hydrogen (secondary N) is 1. The third-order valence-electron chi connectivity index (χ3n) is 3.81. The largest absolute Gasteiger partial charge is 0.351 e. The molecule has 4 nitrogen and oxygen atoms in total. The van der Waals surface area contributed by atoms with E-state index >= 15 is 0 Å². The summed E-state index contributed by atoms with van der Waals surface area (Å²) in [5.74, 6) is 0.106. The van der Waals surface area contributed by atoms with Crippen molar-refractivity contribution >= 4 is 11.8 Å². The quantitative estimate of drug-likeness (QED) is 0.804. The molecule has 2 aliphatic rings. The number of benzene rings is 1. The zero-order valence-electron chi connectivity index (χ0n) is 10.3. The molecule has 2 saturated heterocycles. The lowest BCUT2D eigenvalue weighted by Crippen LogP contribution is -2.38. The average molecular weight is 244 g/mol. The SMILES string of the molecule is Cc1cccc(C(=O)N2CCC3NC(=O)CC32)c1. The second kappa shape index (κ2) is 4.12. The van der Waals surface area contributed by atoms with Gasteiger partial charge in [-0.05, 0) is 25.5 Å². The van der Waals surface area contributed by atoms with Gasteiger partial charge in [-0.1, -0.05) is 17.7 Å². The molecular weight excluding hydrogens is 228 g/mol. The third kappa shape index (κ3) is 1.78. The highest BCUT2D eigenvalue weighted by Crippen LogP contribution is 2.27. The standard InChI is InChI=1S/C14H16N2O2/c1-9-3-2-4-10(7-9)14(18)16-6-5-11-12(16)8-13(17)15-11/h2-4,7,11-12H,5-6,8H2,1H3,(H,15,17). The Hall–Kier alpha value is -1.84. The second-order valence-electron chi connectivity index (χ2n) is 5.10. The highest BCUT2D eigenvalue weighted by atomic mass is 16.2. The van der Waals surface area contributed by atoms with E-state index in [0.717, 1.165) is 24.1 Å². The van der Waals surface area contributed by atoms with E-state index in [4.69, 9.17) is 0 Å². The Morgan fingerprint density at radius 2 is 2.28 bits per heavy atom. The summed E-state index contributed by atoms with van der Waals surface area (Å²) >= 11 is 0. The van der Waals surface area contributed by atoms with Crippen LogP contribution in [0, 0.1) is 6.92 Å². The summed E-state index contributed by atoms with van der Waals surface area (Å²) in [7, 11) is 0. The Kier molecular flexibility index (Phi) is 2.58. The molecule has 0 bridgehead atoms. The van der Waals surface area contributed by atoms with E-state index in [0.29, 0.717) is 6.42 Å². The lowest BCUT2D eigenvalue weighted by molar-refractivity contribution is -0.119. The van der Waals surface area contributed by atoms with Crippen LogP contribution in [0.4, 0.5) is 0 Å². The Balaban J connectivity index is 1.83. The van der Waals surface area contributed by atoms with E-state index in [-0.39, 0.29) is 23.9 Å². The maximum absolute atomic E-state index is 12.4. The minimum atomic E-state index is 0.0442. The number of hydrogen-bond acceptors (Lipinski definition) is 2. The zero-order chi connectivity index (χ0) is 12.7. The van der Waals surface area contributed by atoms with Crippen molar-refractivity contribution in [1.82, 2.24) is 10.2 Å². The van der Waals surface area contributed by atoms with Gasteiger partial charge in [-0.2, -0.15) is 0 Å². The van der Waals surface area contributed by atoms with Crippen LogP contribution in [-0.4, -0.2) is 35.3 Å². The lowest BCUT2D eigenvalue weighted by atomic mass is 10.1. The number of fused-ring (bicyclic) bond motifs is 1. The fourth-order valence-electron chi connectivity index (χ4n) is 2.93. The summed E-state index contributed by atoms with van der Waals surface area (Å²) in [6.07, 6.45) is 1.32. The molecule has 1 aromatic carbocycles. The lowest BCUT2D eigenvalue weighted by Gasteiger charge is -2.22. The highest BCUT2D eigenvalue weighted by molar-refractivity contribution is 5.95. The topological polar surface area (TPSA) is 49.4 Å². The van der Waals surface area contributed by atoms with E-state index in [1.807, 2.05) is 36.1 Å². The molecule has 1 N–H and O–H groups in total. The summed E-state index contributed by atoms with van der Waals surface area (Å²) in [5.41, 5.74) is 1.80. The molecular formula is C14H16N2O2. The molecule has 0 spiro atoms. The van der Waals surface area contributed by atoms with Crippen LogP contribution in [0.3, 0.4) is 0 Å². The molecule has 0 aromatic heterocycles. The van der Waals surface area contributed by atoms with E-state index < -0.39 is 0 Å². The number of aryl methyl sites for hydroxylation is 1. The maximum Gasteiger partial charge on any atom is 0.254 e. The van der Waals surface area contributed by atoms with Crippen LogP contribution < -0.4 is 5.32 Å². The van der Waals surface area contributed by atoms with Gasteiger partial charge in [0, 0.05) is 18.5 Å². The molecule has 0 radical (unpaired) electrons. The normalized spacial score (nSPS) is 26.1. The van der Waals surface area contributed by atoms with Crippen LogP contribution in [0.25, 0.3) is 0 Å². The van der Waals surface area contributed by atoms with Gasteiger partial charge in [-0.3, -0.25) is 9.59 Å². The molecule has 1 aromatic rings. The predicted octanol–water partition coefficient (Wildman–Crippen LogP) is 1.10. The molecule has 2 aliphatic heterocycles. The average Bonchev–Trinajstić information content (AvgIpc) is 2.87. The fraction of sp³-hybridized carbons (Fsp3) is 0.429. The first kappa shape index (κ1) is 11.3. The van der Waals surface area contributed by atoms with Gasteiger partial charge in [0.2, 0.25) is 5.91 Å². The van der Waals surface area contributed by atoms with E-state index in [2.05, 4.69) is 5.32 Å². The monoisotopic (exact) mass is 244 g/mol. The highest BCUT2D eigenvalue weighted by Gasteiger charge is 2.43. The number of rotatable bonds is 1. The fourth-order valence-corrected chi connectivity index (χ4v) is 2.93. The summed E-state index contributed by atoms with van der Waals surface area (Å²) in [6, 6.07) is 7.82. The molecule has 18 heavy (non-hydrogen) atoms. The van der Waals surface area contributed by atoms with Crippen LogP contribution in [0.2, 0.25) is 0 Å². The number of nitrogens with zero attached hydrogens (tertiary/aromatic N) is 1. The first-order chi connectivity index (χ1) is 8.65. The number of hydrogen-bond donors (Lipinski definition) is 1. The van der Waals surface area contributed by atoms with Crippen molar-refractivity contribution < 1.29 is 9.59 Å². The van der Waals surface area contributed by atoms with Crippen molar-refractivity contribution in [1.29, 1.82) is 0 Å². The summed E-state index contributed by atoms with van der Waals surface area (Å²) < 4.78 is 0. The predicted molar refractivity (Wildman–Crippen MR) is 67.2 cm³/mol. The Bertz CT molecular complexity index is 512. The van der Waals surface area contributed by atoms with Crippen molar-refractivity contribution in [3.05, 3.63) is 35.4 Å². The molecule has 2 amide bonds. The molecule has 2 fully saturated rings. The Labute approximate surface area is 106 Å². The molecule has 0 saturated carbocycles. The molecule has 2 atom stereocenters. The number of carbonyl (C=O) groups is 2. The summed E-state index contributed by atoms with van der Waals surface area (Å²) in [5, 5.41) is 2.93. The van der Waals surface area contributed by atoms with E-state index in [1.54, 1.807) is 0 Å². The van der Waals surface area contributed by atoms with Gasteiger partial charge in [-0.25, -0.2) is 0 Å². The van der Waals surface area contributed by atoms with Gasteiger partial charge in [0.25, 0.3) is 5.91 Å². The van der Waals surface area contributed by atoms with Gasteiger partial charge in [0.15, 0.2) is 0 Å². The maximum atomic E-state index is 12.4. The molecule has 2 heterocycles. The first-order valence-electron chi connectivity index (χ1n) is 6.32. The zero-order valence-corrected chi connectivity index (χ0v) is 10.3. The Morgan fingerprint density at radius 3 is 3.06 bits per heavy atom. The summed E-state index contributed by atoms with van der Waals surface area (Å²) in [6.45, 7) is 2.71. The minimum absolute atomic E-state index is 0.0442. The number of likely N-dealkylation sites (tertiary alicyclic amines) is 1. The van der Waals surface area contributed by atoms with Crippen LogP contribution >= 0.6 is 0 Å². The molecule has 94 valence electrons. The summed E-state index contributed by atoms with van der Waals surface area (Å²) in [4.78, 5) is 25.6. The van der Waals surface area contributed by atoms with Crippen molar-refractivity contribution in [2.75, 3.05) is 6.54 Å². The number of carbonyl (C=O) groups excluding carboxylic acids is 2. The number of amides is 2. The minimum Gasteiger partial charge on any atom is -0.351 e. The van der Waals surface area contributed by atoms with Gasteiger partial charge in [0.1, 0.15) is 0 Å². The van der Waals surface area contributed by atoms with Crippen molar-refractivity contribution in [2.24, 2.45) is 0 Å². The van der Waals surface area contributed by atoms with E-state index in [9.17, 15) is 9.59 Å². The van der Waals surface area contributed by atoms with Crippen LogP contribution in [0.15, 0.2) is 24.3 Å². The van der Waals surface area contributed by atoms with E-state index in [1.165, 1.54) is 0 Å². The van der Waals surface area contributed by atoms with Crippen molar-refractivity contribution in [3.63, 3.8) is 0 Å². The van der Waals surface area contributed by atoms with Gasteiger partial charge >= 0.3 is 0 Å². The molecule has 3 rings (SSSR count). The van der Waals surface area contributed by atoms with Crippen LogP contribution in [-0.2, 0) is 4.79 Å². The second-order valence-corrected chi connectivity index (χ2v) is 5.10.